The lowest BCUT2D eigenvalue weighted by Crippen LogP contribution is -2.53. The molecule has 1 amide bonds. The molecule has 1 aromatic rings. The Morgan fingerprint density at radius 3 is 2.46 bits per heavy atom. The van der Waals surface area contributed by atoms with E-state index in [1.54, 1.807) is 6.20 Å². The molecule has 1 N–H and O–H groups in total. The first-order valence-corrected chi connectivity index (χ1v) is 9.87. The minimum Gasteiger partial charge on any atom is -0.385 e. The molecule has 3 heterocycles. The van der Waals surface area contributed by atoms with Crippen LogP contribution in [0.2, 0.25) is 0 Å². The number of nitrogens with zero attached hydrogens (tertiary/aromatic N) is 5. The van der Waals surface area contributed by atoms with E-state index in [1.165, 1.54) is 0 Å². The van der Waals surface area contributed by atoms with E-state index in [4.69, 9.17) is 0 Å². The summed E-state index contributed by atoms with van der Waals surface area (Å²) < 4.78 is 1.93. The molecule has 0 bridgehead atoms. The molecule has 0 aliphatic carbocycles. The zero-order chi connectivity index (χ0) is 18.7. The zero-order valence-electron chi connectivity index (χ0n) is 16.3. The molecule has 1 aromatic heterocycles. The van der Waals surface area contributed by atoms with Crippen molar-refractivity contribution in [2.45, 2.75) is 51.3 Å². The standard InChI is InChI=1S/C19H33N5O2/c1-15(2)24-9-6-20-19(24)17(25)14-18(26)23-7-4-16(5-8-23)22-12-10-21(3)11-13-22/h6,9,15-17,25H,4-5,7-8,10-14H2,1-3H3. The summed E-state index contributed by atoms with van der Waals surface area (Å²) in [4.78, 5) is 23.7. The van der Waals surface area contributed by atoms with Crippen molar-refractivity contribution in [3.05, 3.63) is 18.2 Å². The van der Waals surface area contributed by atoms with Crippen molar-refractivity contribution in [2.75, 3.05) is 46.3 Å². The van der Waals surface area contributed by atoms with E-state index in [1.807, 2.05) is 29.5 Å². The summed E-state index contributed by atoms with van der Waals surface area (Å²) >= 11 is 0. The minimum atomic E-state index is -0.838. The Bertz CT molecular complexity index is 587. The van der Waals surface area contributed by atoms with Gasteiger partial charge in [0.25, 0.3) is 0 Å². The molecule has 2 aliphatic rings. The number of likely N-dealkylation sites (tertiary alicyclic amines) is 1. The molecule has 0 saturated carbocycles. The van der Waals surface area contributed by atoms with E-state index in [-0.39, 0.29) is 18.4 Å². The molecule has 3 rings (SSSR count). The normalized spacial score (nSPS) is 22.1. The number of likely N-dealkylation sites (N-methyl/N-ethyl adjacent to an activating group) is 1. The molecule has 0 radical (unpaired) electrons. The van der Waals surface area contributed by atoms with Crippen LogP contribution in [0.5, 0.6) is 0 Å². The Balaban J connectivity index is 1.48. The molecule has 1 unspecified atom stereocenters. The number of aliphatic hydroxyl groups is 1. The van der Waals surface area contributed by atoms with Gasteiger partial charge in [-0.3, -0.25) is 9.69 Å². The Morgan fingerprint density at radius 1 is 1.19 bits per heavy atom. The summed E-state index contributed by atoms with van der Waals surface area (Å²) in [7, 11) is 2.18. The van der Waals surface area contributed by atoms with Gasteiger partial charge < -0.3 is 19.5 Å². The van der Waals surface area contributed by atoms with E-state index in [0.717, 1.165) is 52.1 Å². The maximum Gasteiger partial charge on any atom is 0.225 e. The van der Waals surface area contributed by atoms with Crippen molar-refractivity contribution in [1.29, 1.82) is 0 Å². The molecule has 26 heavy (non-hydrogen) atoms. The third-order valence-corrected chi connectivity index (χ3v) is 5.79. The lowest BCUT2D eigenvalue weighted by Gasteiger charge is -2.42. The molecule has 0 aromatic carbocycles. The maximum absolute atomic E-state index is 12.6. The largest absolute Gasteiger partial charge is 0.385 e. The van der Waals surface area contributed by atoms with Gasteiger partial charge in [0.1, 0.15) is 11.9 Å². The average molecular weight is 364 g/mol. The Labute approximate surface area is 156 Å². The third kappa shape index (κ3) is 4.45. The topological polar surface area (TPSA) is 64.8 Å². The summed E-state index contributed by atoms with van der Waals surface area (Å²) in [5.74, 6) is 0.619. The molecule has 1 atom stereocenters. The second-order valence-corrected chi connectivity index (χ2v) is 7.96. The van der Waals surface area contributed by atoms with Crippen molar-refractivity contribution < 1.29 is 9.90 Å². The quantitative estimate of drug-likeness (QED) is 0.849. The second kappa shape index (κ2) is 8.50. The van der Waals surface area contributed by atoms with Crippen molar-refractivity contribution >= 4 is 5.91 Å². The van der Waals surface area contributed by atoms with E-state index in [0.29, 0.717) is 11.9 Å². The van der Waals surface area contributed by atoms with E-state index in [2.05, 4.69) is 21.8 Å². The number of hydrogen-bond donors (Lipinski definition) is 1. The number of piperidine rings is 1. The lowest BCUT2D eigenvalue weighted by atomic mass is 10.0. The molecule has 7 nitrogen and oxygen atoms in total. The smallest absolute Gasteiger partial charge is 0.225 e. The highest BCUT2D eigenvalue weighted by Gasteiger charge is 2.29. The number of amides is 1. The Kier molecular flexibility index (Phi) is 6.32. The number of rotatable bonds is 5. The van der Waals surface area contributed by atoms with Crippen molar-refractivity contribution in [3.63, 3.8) is 0 Å². The van der Waals surface area contributed by atoms with Gasteiger partial charge in [0.2, 0.25) is 5.91 Å². The zero-order valence-corrected chi connectivity index (χ0v) is 16.3. The maximum atomic E-state index is 12.6. The van der Waals surface area contributed by atoms with Gasteiger partial charge in [-0.1, -0.05) is 0 Å². The number of imidazole rings is 1. The van der Waals surface area contributed by atoms with Crippen LogP contribution in [-0.4, -0.2) is 87.6 Å². The number of aliphatic hydroxyl groups excluding tert-OH is 1. The molecule has 2 fully saturated rings. The fraction of sp³-hybridized carbons (Fsp3) is 0.789. The van der Waals surface area contributed by atoms with Gasteiger partial charge in [-0.2, -0.15) is 0 Å². The van der Waals surface area contributed by atoms with Crippen molar-refractivity contribution in [1.82, 2.24) is 24.3 Å². The SMILES string of the molecule is CC(C)n1ccnc1C(O)CC(=O)N1CCC(N2CCN(C)CC2)CC1. The second-order valence-electron chi connectivity index (χ2n) is 7.96. The minimum absolute atomic E-state index is 0.0348. The van der Waals surface area contributed by atoms with Gasteiger partial charge in [0, 0.05) is 63.7 Å². The molecule has 2 saturated heterocycles. The molecule has 146 valence electrons. The number of carbonyl (C=O) groups is 1. The number of piperazine rings is 1. The highest BCUT2D eigenvalue weighted by atomic mass is 16.3. The fourth-order valence-electron chi connectivity index (χ4n) is 4.07. The van der Waals surface area contributed by atoms with Crippen molar-refractivity contribution in [2.24, 2.45) is 0 Å². The predicted octanol–water partition coefficient (Wildman–Crippen LogP) is 1.13. The Morgan fingerprint density at radius 2 is 1.85 bits per heavy atom. The van der Waals surface area contributed by atoms with Gasteiger partial charge in [-0.15, -0.1) is 0 Å². The van der Waals surface area contributed by atoms with Crippen molar-refractivity contribution in [3.8, 4) is 0 Å². The number of aromatic nitrogens is 2. The summed E-state index contributed by atoms with van der Waals surface area (Å²) in [6.07, 6.45) is 4.89. The first-order valence-electron chi connectivity index (χ1n) is 9.87. The van der Waals surface area contributed by atoms with Gasteiger partial charge in [0.05, 0.1) is 6.42 Å². The first-order chi connectivity index (χ1) is 12.5. The first kappa shape index (κ1) is 19.3. The summed E-state index contributed by atoms with van der Waals surface area (Å²) in [6.45, 7) is 10.2. The van der Waals surface area contributed by atoms with Crippen LogP contribution in [0.1, 0.15) is 51.1 Å². The van der Waals surface area contributed by atoms with Crippen LogP contribution in [0, 0.1) is 0 Å². The van der Waals surface area contributed by atoms with Crippen LogP contribution in [-0.2, 0) is 4.79 Å². The number of carbonyl (C=O) groups excluding carboxylic acids is 1. The average Bonchev–Trinajstić information content (AvgIpc) is 3.13. The fourth-order valence-corrected chi connectivity index (χ4v) is 4.07. The van der Waals surface area contributed by atoms with E-state index < -0.39 is 6.10 Å². The van der Waals surface area contributed by atoms with Crippen LogP contribution >= 0.6 is 0 Å². The highest BCUT2D eigenvalue weighted by Crippen LogP contribution is 2.22. The molecule has 2 aliphatic heterocycles. The molecular formula is C19H33N5O2. The van der Waals surface area contributed by atoms with Gasteiger partial charge in [-0.25, -0.2) is 4.98 Å². The highest BCUT2D eigenvalue weighted by molar-refractivity contribution is 5.76. The summed E-state index contributed by atoms with van der Waals surface area (Å²) in [5, 5.41) is 10.5. The third-order valence-electron chi connectivity index (χ3n) is 5.79. The predicted molar refractivity (Wildman–Crippen MR) is 101 cm³/mol. The van der Waals surface area contributed by atoms with E-state index >= 15 is 0 Å². The monoisotopic (exact) mass is 363 g/mol. The van der Waals surface area contributed by atoms with Crippen LogP contribution in [0.15, 0.2) is 12.4 Å². The lowest BCUT2D eigenvalue weighted by molar-refractivity contribution is -0.135. The van der Waals surface area contributed by atoms with Gasteiger partial charge in [-0.05, 0) is 33.7 Å². The Hall–Kier alpha value is -1.44. The van der Waals surface area contributed by atoms with Crippen LogP contribution in [0.3, 0.4) is 0 Å². The number of hydrogen-bond acceptors (Lipinski definition) is 5. The van der Waals surface area contributed by atoms with Crippen LogP contribution in [0.4, 0.5) is 0 Å². The van der Waals surface area contributed by atoms with E-state index in [9.17, 15) is 9.90 Å². The van der Waals surface area contributed by atoms with Gasteiger partial charge in [0.15, 0.2) is 0 Å². The molecular weight excluding hydrogens is 330 g/mol. The summed E-state index contributed by atoms with van der Waals surface area (Å²) in [5.41, 5.74) is 0. The van der Waals surface area contributed by atoms with Gasteiger partial charge >= 0.3 is 0 Å². The van der Waals surface area contributed by atoms with Crippen LogP contribution in [0.25, 0.3) is 0 Å². The summed E-state index contributed by atoms with van der Waals surface area (Å²) in [6, 6.07) is 0.814. The molecule has 7 heteroatoms. The van der Waals surface area contributed by atoms with Crippen LogP contribution < -0.4 is 0 Å². The molecule has 0 spiro atoms.